The van der Waals surface area contributed by atoms with E-state index in [0.717, 1.165) is 41.0 Å². The van der Waals surface area contributed by atoms with E-state index in [4.69, 9.17) is 12.2 Å². The molecule has 0 bridgehead atoms. The van der Waals surface area contributed by atoms with E-state index < -0.39 is 0 Å². The second kappa shape index (κ2) is 4.94. The lowest BCUT2D eigenvalue weighted by molar-refractivity contribution is 0.663. The highest BCUT2D eigenvalue weighted by Crippen LogP contribution is 2.19. The molecule has 0 aliphatic carbocycles. The largest absolute Gasteiger partial charge is 0.328 e. The second-order valence-electron chi connectivity index (χ2n) is 4.59. The van der Waals surface area contributed by atoms with Gasteiger partial charge in [-0.15, -0.1) is 0 Å². The van der Waals surface area contributed by atoms with Gasteiger partial charge in [0.2, 0.25) is 0 Å². The van der Waals surface area contributed by atoms with Gasteiger partial charge in [-0.1, -0.05) is 6.92 Å². The number of nitrogens with zero attached hydrogens (tertiary/aromatic N) is 3. The van der Waals surface area contributed by atoms with Crippen LogP contribution >= 0.6 is 23.6 Å². The Labute approximate surface area is 120 Å². The van der Waals surface area contributed by atoms with Crippen molar-refractivity contribution in [2.75, 3.05) is 0 Å². The number of imidazole rings is 1. The molecule has 3 aromatic rings. The van der Waals surface area contributed by atoms with Crippen LogP contribution in [-0.2, 0) is 26.4 Å². The first-order chi connectivity index (χ1) is 9.20. The molecule has 100 valence electrons. The van der Waals surface area contributed by atoms with Crippen LogP contribution < -0.4 is 0 Å². The molecule has 0 atom stereocenters. The summed E-state index contributed by atoms with van der Waals surface area (Å²) in [7, 11) is 1.98. The molecule has 4 nitrogen and oxygen atoms in total. The fraction of sp³-hybridized carbons (Fsp3) is 0.385. The summed E-state index contributed by atoms with van der Waals surface area (Å²) in [5.41, 5.74) is 4.62. The average Bonchev–Trinajstić information content (AvgIpc) is 3.06. The quantitative estimate of drug-likeness (QED) is 0.749. The molecule has 1 N–H and O–H groups in total. The van der Waals surface area contributed by atoms with Gasteiger partial charge in [0.15, 0.2) is 10.4 Å². The fourth-order valence-electron chi connectivity index (χ4n) is 2.41. The Kier molecular flexibility index (Phi) is 3.28. The summed E-state index contributed by atoms with van der Waals surface area (Å²) in [6.07, 6.45) is 1.91. The maximum Gasteiger partial charge on any atom is 0.179 e. The molecule has 0 radical (unpaired) electrons. The monoisotopic (exact) mass is 292 g/mol. The Morgan fingerprint density at radius 3 is 3.00 bits per heavy atom. The van der Waals surface area contributed by atoms with Gasteiger partial charge in [-0.25, -0.2) is 0 Å². The molecule has 19 heavy (non-hydrogen) atoms. The highest BCUT2D eigenvalue weighted by Gasteiger charge is 2.13. The van der Waals surface area contributed by atoms with E-state index in [1.807, 2.05) is 11.7 Å². The number of aryl methyl sites for hydroxylation is 4. The zero-order valence-corrected chi connectivity index (χ0v) is 12.6. The molecule has 3 rings (SSSR count). The summed E-state index contributed by atoms with van der Waals surface area (Å²) < 4.78 is 4.86. The van der Waals surface area contributed by atoms with Gasteiger partial charge >= 0.3 is 0 Å². The van der Waals surface area contributed by atoms with Gasteiger partial charge in [-0.2, -0.15) is 16.4 Å². The first kappa shape index (κ1) is 12.6. The maximum absolute atomic E-state index is 5.44. The number of fused-ring (bicyclic) bond motifs is 1. The van der Waals surface area contributed by atoms with E-state index in [-0.39, 0.29) is 0 Å². The maximum atomic E-state index is 5.44. The molecule has 3 aromatic heterocycles. The summed E-state index contributed by atoms with van der Waals surface area (Å²) in [6.45, 7) is 3.00. The smallest absolute Gasteiger partial charge is 0.179 e. The summed E-state index contributed by atoms with van der Waals surface area (Å²) >= 11 is 7.17. The van der Waals surface area contributed by atoms with E-state index >= 15 is 0 Å². The lowest BCUT2D eigenvalue weighted by Crippen LogP contribution is -2.05. The molecule has 0 aliphatic rings. The van der Waals surface area contributed by atoms with E-state index in [2.05, 4.69) is 38.4 Å². The third kappa shape index (κ3) is 2.15. The van der Waals surface area contributed by atoms with Crippen molar-refractivity contribution in [2.24, 2.45) is 7.05 Å². The van der Waals surface area contributed by atoms with Crippen molar-refractivity contribution in [2.45, 2.75) is 26.3 Å². The number of aromatic amines is 1. The van der Waals surface area contributed by atoms with Crippen LogP contribution in [0, 0.1) is 4.77 Å². The van der Waals surface area contributed by atoms with Gasteiger partial charge in [0.05, 0.1) is 5.69 Å². The van der Waals surface area contributed by atoms with Crippen LogP contribution in [0.15, 0.2) is 16.8 Å². The van der Waals surface area contributed by atoms with Crippen LogP contribution in [0.5, 0.6) is 0 Å². The summed E-state index contributed by atoms with van der Waals surface area (Å²) in [5.74, 6) is 0. The number of rotatable bonds is 4. The van der Waals surface area contributed by atoms with Crippen molar-refractivity contribution in [3.63, 3.8) is 0 Å². The molecule has 3 heterocycles. The molecule has 0 saturated heterocycles. The molecule has 0 amide bonds. The zero-order chi connectivity index (χ0) is 13.4. The molecule has 0 spiro atoms. The lowest BCUT2D eigenvalue weighted by Gasteiger charge is -2.03. The van der Waals surface area contributed by atoms with Gasteiger partial charge in [-0.3, -0.25) is 4.68 Å². The van der Waals surface area contributed by atoms with Crippen molar-refractivity contribution in [3.05, 3.63) is 32.9 Å². The van der Waals surface area contributed by atoms with Crippen LogP contribution in [0.2, 0.25) is 0 Å². The fourth-order valence-corrected chi connectivity index (χ4v) is 3.39. The van der Waals surface area contributed by atoms with Crippen molar-refractivity contribution in [1.82, 2.24) is 19.3 Å². The van der Waals surface area contributed by atoms with Gasteiger partial charge in [0.25, 0.3) is 0 Å². The predicted octanol–water partition coefficient (Wildman–Crippen LogP) is 3.30. The minimum absolute atomic E-state index is 0.785. The number of hydrogen-bond donors (Lipinski definition) is 1. The van der Waals surface area contributed by atoms with Crippen molar-refractivity contribution >= 4 is 34.7 Å². The molecule has 6 heteroatoms. The molecular weight excluding hydrogens is 276 g/mol. The van der Waals surface area contributed by atoms with Gasteiger partial charge in [0, 0.05) is 13.6 Å². The van der Waals surface area contributed by atoms with E-state index in [0.29, 0.717) is 0 Å². The van der Waals surface area contributed by atoms with Crippen molar-refractivity contribution < 1.29 is 0 Å². The Hall–Kier alpha value is -1.40. The number of nitrogens with one attached hydrogen (secondary N) is 1. The zero-order valence-electron chi connectivity index (χ0n) is 11.0. The van der Waals surface area contributed by atoms with Gasteiger partial charge < -0.3 is 9.55 Å². The molecule has 0 fully saturated rings. The number of H-pyrrole nitrogens is 1. The highest BCUT2D eigenvalue weighted by molar-refractivity contribution is 7.71. The minimum atomic E-state index is 0.785. The summed E-state index contributed by atoms with van der Waals surface area (Å²) in [5, 5.41) is 8.84. The third-order valence-electron chi connectivity index (χ3n) is 3.36. The third-order valence-corrected chi connectivity index (χ3v) is 4.42. The number of aromatic nitrogens is 4. The Balaban J connectivity index is 2.00. The number of hydrogen-bond acceptors (Lipinski definition) is 3. The Bertz CT molecular complexity index is 746. The lowest BCUT2D eigenvalue weighted by atomic mass is 10.2. The van der Waals surface area contributed by atoms with Crippen LogP contribution in [0.1, 0.15) is 18.2 Å². The summed E-state index contributed by atoms with van der Waals surface area (Å²) in [4.78, 5) is 3.29. The van der Waals surface area contributed by atoms with E-state index in [9.17, 15) is 0 Å². The second-order valence-corrected chi connectivity index (χ2v) is 5.75. The molecular formula is C13H16N4S2. The molecule has 0 aromatic carbocycles. The molecule has 0 aliphatic heterocycles. The normalized spacial score (nSPS) is 11.5. The summed E-state index contributed by atoms with van der Waals surface area (Å²) in [6, 6.07) is 2.17. The molecule has 0 unspecified atom stereocenters. The van der Waals surface area contributed by atoms with Crippen molar-refractivity contribution in [1.29, 1.82) is 0 Å². The highest BCUT2D eigenvalue weighted by atomic mass is 32.1. The number of thiophene rings is 1. The standard InChI is InChI=1S/C13H16N4S2/c1-3-10-11-12(16(2)15-10)17(13(18)14-11)6-4-9-5-7-19-8-9/h5,7-8H,3-4,6H2,1-2H3,(H,14,18). The van der Waals surface area contributed by atoms with Crippen LogP contribution in [0.25, 0.3) is 11.2 Å². The first-order valence-electron chi connectivity index (χ1n) is 6.36. The topological polar surface area (TPSA) is 38.5 Å². The van der Waals surface area contributed by atoms with Crippen LogP contribution in [0.3, 0.4) is 0 Å². The van der Waals surface area contributed by atoms with E-state index in [1.165, 1.54) is 5.56 Å². The predicted molar refractivity (Wildman–Crippen MR) is 81.3 cm³/mol. The minimum Gasteiger partial charge on any atom is -0.328 e. The van der Waals surface area contributed by atoms with Crippen LogP contribution in [-0.4, -0.2) is 19.3 Å². The Morgan fingerprint density at radius 2 is 2.32 bits per heavy atom. The van der Waals surface area contributed by atoms with Gasteiger partial charge in [-0.05, 0) is 47.4 Å². The first-order valence-corrected chi connectivity index (χ1v) is 7.71. The molecule has 0 saturated carbocycles. The Morgan fingerprint density at radius 1 is 1.47 bits per heavy atom. The van der Waals surface area contributed by atoms with Gasteiger partial charge in [0.1, 0.15) is 5.52 Å². The SMILES string of the molecule is CCc1nn(C)c2c1[nH]c(=S)n2CCc1ccsc1. The van der Waals surface area contributed by atoms with Crippen molar-refractivity contribution in [3.8, 4) is 0 Å². The van der Waals surface area contributed by atoms with E-state index in [1.54, 1.807) is 11.3 Å². The average molecular weight is 292 g/mol. The van der Waals surface area contributed by atoms with Crippen LogP contribution in [0.4, 0.5) is 0 Å².